The van der Waals surface area contributed by atoms with Gasteiger partial charge in [0.05, 0.1) is 0 Å². The number of nitrogens with zero attached hydrogens (tertiary/aromatic N) is 2. The zero-order valence-electron chi connectivity index (χ0n) is 10.3. The Morgan fingerprint density at radius 3 is 2.78 bits per heavy atom. The lowest BCUT2D eigenvalue weighted by atomic mass is 10.3. The van der Waals surface area contributed by atoms with Gasteiger partial charge in [0, 0.05) is 25.6 Å². The summed E-state index contributed by atoms with van der Waals surface area (Å²) in [6.07, 6.45) is 0.703. The molecule has 0 aliphatic heterocycles. The van der Waals surface area contributed by atoms with Crippen molar-refractivity contribution in [2.75, 3.05) is 12.4 Å². The van der Waals surface area contributed by atoms with Gasteiger partial charge in [0.25, 0.3) is 0 Å². The monoisotopic (exact) mass is 247 g/mol. The zero-order valence-corrected chi connectivity index (χ0v) is 10.3. The summed E-state index contributed by atoms with van der Waals surface area (Å²) in [6.45, 7) is 1.96. The lowest BCUT2D eigenvalue weighted by Gasteiger charge is -2.08. The van der Waals surface area contributed by atoms with Crippen molar-refractivity contribution in [2.45, 2.75) is 13.3 Å². The molecule has 1 aromatic carbocycles. The second kappa shape index (κ2) is 5.44. The summed E-state index contributed by atoms with van der Waals surface area (Å²) in [5.41, 5.74) is 0. The Morgan fingerprint density at radius 1 is 1.28 bits per heavy atom. The molecule has 0 aliphatic carbocycles. The number of nitrogens with one attached hydrogen (secondary N) is 1. The molecule has 94 valence electrons. The number of hydrogen-bond acceptors (Lipinski definition) is 4. The van der Waals surface area contributed by atoms with Crippen molar-refractivity contribution in [1.29, 1.82) is 0 Å². The first kappa shape index (κ1) is 12.3. The van der Waals surface area contributed by atoms with Crippen LogP contribution in [0.5, 0.6) is 11.6 Å². The van der Waals surface area contributed by atoms with E-state index in [1.54, 1.807) is 25.2 Å². The second-order valence-corrected chi connectivity index (χ2v) is 3.67. The average molecular weight is 247 g/mol. The van der Waals surface area contributed by atoms with Crippen LogP contribution in [-0.2, 0) is 6.42 Å². The highest BCUT2D eigenvalue weighted by atomic mass is 19.1. The van der Waals surface area contributed by atoms with Crippen molar-refractivity contribution >= 4 is 5.82 Å². The highest BCUT2D eigenvalue weighted by Gasteiger charge is 2.05. The minimum atomic E-state index is -0.342. The number of rotatable bonds is 4. The summed E-state index contributed by atoms with van der Waals surface area (Å²) in [4.78, 5) is 8.48. The van der Waals surface area contributed by atoms with E-state index in [0.29, 0.717) is 29.7 Å². The number of hydrogen-bond donors (Lipinski definition) is 1. The minimum absolute atomic E-state index is 0.342. The SMILES string of the molecule is CCc1nc(NC)cc(Oc2cccc(F)c2)n1. The summed E-state index contributed by atoms with van der Waals surface area (Å²) in [5.74, 6) is 1.82. The molecule has 2 aromatic rings. The van der Waals surface area contributed by atoms with Crippen LogP contribution in [0.3, 0.4) is 0 Å². The van der Waals surface area contributed by atoms with Crippen LogP contribution in [0.1, 0.15) is 12.7 Å². The highest BCUT2D eigenvalue weighted by molar-refractivity contribution is 5.39. The molecule has 1 N–H and O–H groups in total. The van der Waals surface area contributed by atoms with Crippen LogP contribution in [0.4, 0.5) is 10.2 Å². The van der Waals surface area contributed by atoms with Crippen LogP contribution in [0.2, 0.25) is 0 Å². The Labute approximate surface area is 105 Å². The van der Waals surface area contributed by atoms with Crippen LogP contribution >= 0.6 is 0 Å². The smallest absolute Gasteiger partial charge is 0.224 e. The number of aromatic nitrogens is 2. The quantitative estimate of drug-likeness (QED) is 0.902. The van der Waals surface area contributed by atoms with E-state index < -0.39 is 0 Å². The molecule has 0 atom stereocenters. The van der Waals surface area contributed by atoms with Gasteiger partial charge >= 0.3 is 0 Å². The molecule has 2 rings (SSSR count). The van der Waals surface area contributed by atoms with Crippen molar-refractivity contribution < 1.29 is 9.13 Å². The van der Waals surface area contributed by atoms with Crippen LogP contribution in [0.15, 0.2) is 30.3 Å². The molecular weight excluding hydrogens is 233 g/mol. The third-order valence-electron chi connectivity index (χ3n) is 2.34. The van der Waals surface area contributed by atoms with Gasteiger partial charge in [0.2, 0.25) is 5.88 Å². The molecular formula is C13H14FN3O. The summed E-state index contributed by atoms with van der Waals surface area (Å²) in [5, 5.41) is 2.93. The summed E-state index contributed by atoms with van der Waals surface area (Å²) >= 11 is 0. The second-order valence-electron chi connectivity index (χ2n) is 3.67. The molecule has 1 aromatic heterocycles. The topological polar surface area (TPSA) is 47.0 Å². The van der Waals surface area contributed by atoms with Crippen molar-refractivity contribution in [3.8, 4) is 11.6 Å². The Hall–Kier alpha value is -2.17. The van der Waals surface area contributed by atoms with E-state index in [-0.39, 0.29) is 5.82 Å². The van der Waals surface area contributed by atoms with Crippen molar-refractivity contribution in [2.24, 2.45) is 0 Å². The number of anilines is 1. The lowest BCUT2D eigenvalue weighted by Crippen LogP contribution is -2.01. The predicted molar refractivity (Wildman–Crippen MR) is 67.4 cm³/mol. The third-order valence-corrected chi connectivity index (χ3v) is 2.34. The zero-order chi connectivity index (χ0) is 13.0. The van der Waals surface area contributed by atoms with Gasteiger partial charge in [-0.15, -0.1) is 0 Å². The van der Waals surface area contributed by atoms with Crippen LogP contribution in [0.25, 0.3) is 0 Å². The van der Waals surface area contributed by atoms with Crippen LogP contribution in [-0.4, -0.2) is 17.0 Å². The van der Waals surface area contributed by atoms with E-state index >= 15 is 0 Å². The van der Waals surface area contributed by atoms with Crippen LogP contribution < -0.4 is 10.1 Å². The van der Waals surface area contributed by atoms with Gasteiger partial charge in [-0.1, -0.05) is 13.0 Å². The number of benzene rings is 1. The number of halogens is 1. The first-order valence-corrected chi connectivity index (χ1v) is 5.70. The number of ether oxygens (including phenoxy) is 1. The van der Waals surface area contributed by atoms with E-state index in [2.05, 4.69) is 15.3 Å². The molecule has 0 radical (unpaired) electrons. The Morgan fingerprint density at radius 2 is 2.11 bits per heavy atom. The van der Waals surface area contributed by atoms with Gasteiger partial charge in [-0.2, -0.15) is 4.98 Å². The van der Waals surface area contributed by atoms with E-state index in [9.17, 15) is 4.39 Å². The van der Waals surface area contributed by atoms with Crippen molar-refractivity contribution in [3.05, 3.63) is 42.0 Å². The first-order valence-electron chi connectivity index (χ1n) is 5.70. The predicted octanol–water partition coefficient (Wildman–Crippen LogP) is 3.01. The minimum Gasteiger partial charge on any atom is -0.439 e. The molecule has 0 saturated heterocycles. The molecule has 0 aliphatic rings. The molecule has 0 unspecified atom stereocenters. The van der Waals surface area contributed by atoms with Gasteiger partial charge in [0.15, 0.2) is 0 Å². The average Bonchev–Trinajstić information content (AvgIpc) is 2.38. The highest BCUT2D eigenvalue weighted by Crippen LogP contribution is 2.22. The van der Waals surface area contributed by atoms with Gasteiger partial charge in [-0.05, 0) is 12.1 Å². The third kappa shape index (κ3) is 2.94. The fraction of sp³-hybridized carbons (Fsp3) is 0.231. The lowest BCUT2D eigenvalue weighted by molar-refractivity contribution is 0.454. The molecule has 18 heavy (non-hydrogen) atoms. The molecule has 0 bridgehead atoms. The maximum atomic E-state index is 13.0. The largest absolute Gasteiger partial charge is 0.439 e. The Balaban J connectivity index is 2.28. The Kier molecular flexibility index (Phi) is 3.72. The molecule has 0 amide bonds. The maximum Gasteiger partial charge on any atom is 0.224 e. The van der Waals surface area contributed by atoms with Crippen molar-refractivity contribution in [3.63, 3.8) is 0 Å². The van der Waals surface area contributed by atoms with E-state index in [1.165, 1.54) is 12.1 Å². The van der Waals surface area contributed by atoms with Crippen molar-refractivity contribution in [1.82, 2.24) is 9.97 Å². The molecule has 0 fully saturated rings. The van der Waals surface area contributed by atoms with Gasteiger partial charge in [0.1, 0.15) is 23.2 Å². The molecule has 0 spiro atoms. The maximum absolute atomic E-state index is 13.0. The molecule has 4 nitrogen and oxygen atoms in total. The normalized spacial score (nSPS) is 10.2. The van der Waals surface area contributed by atoms with Crippen LogP contribution in [0, 0.1) is 5.82 Å². The summed E-state index contributed by atoms with van der Waals surface area (Å²) in [6, 6.07) is 7.61. The first-order chi connectivity index (χ1) is 8.71. The van der Waals surface area contributed by atoms with E-state index in [1.807, 2.05) is 6.92 Å². The molecule has 0 saturated carbocycles. The number of aryl methyl sites for hydroxylation is 1. The molecule has 1 heterocycles. The fourth-order valence-corrected chi connectivity index (χ4v) is 1.46. The van der Waals surface area contributed by atoms with Gasteiger partial charge in [-0.25, -0.2) is 9.37 Å². The standard InChI is InChI=1S/C13H14FN3O/c1-3-11-16-12(15-2)8-13(17-11)18-10-6-4-5-9(14)7-10/h4-8H,3H2,1-2H3,(H,15,16,17). The van der Waals surface area contributed by atoms with Gasteiger partial charge < -0.3 is 10.1 Å². The van der Waals surface area contributed by atoms with E-state index in [0.717, 1.165) is 0 Å². The fourth-order valence-electron chi connectivity index (χ4n) is 1.46. The van der Waals surface area contributed by atoms with Gasteiger partial charge in [-0.3, -0.25) is 0 Å². The van der Waals surface area contributed by atoms with E-state index in [4.69, 9.17) is 4.74 Å². The summed E-state index contributed by atoms with van der Waals surface area (Å²) in [7, 11) is 1.77. The Bertz CT molecular complexity index is 523. The molecule has 5 heteroatoms. The summed E-state index contributed by atoms with van der Waals surface area (Å²) < 4.78 is 18.5.